The van der Waals surface area contributed by atoms with Crippen molar-refractivity contribution in [1.82, 2.24) is 15.0 Å². The summed E-state index contributed by atoms with van der Waals surface area (Å²) in [5, 5.41) is 10.4. The van der Waals surface area contributed by atoms with Gasteiger partial charge < -0.3 is 19.2 Å². The highest BCUT2D eigenvalue weighted by molar-refractivity contribution is 7.26. The van der Waals surface area contributed by atoms with Crippen molar-refractivity contribution in [2.75, 3.05) is 25.1 Å². The van der Waals surface area contributed by atoms with Gasteiger partial charge in [-0.15, -0.1) is 11.3 Å². The molecule has 4 aromatic rings. The zero-order valence-corrected chi connectivity index (χ0v) is 17.4. The van der Waals surface area contributed by atoms with Gasteiger partial charge in [-0.2, -0.15) is 0 Å². The van der Waals surface area contributed by atoms with E-state index in [-0.39, 0.29) is 12.2 Å². The van der Waals surface area contributed by atoms with E-state index in [1.165, 1.54) is 5.56 Å². The summed E-state index contributed by atoms with van der Waals surface area (Å²) in [6.45, 7) is 5.28. The van der Waals surface area contributed by atoms with Crippen LogP contribution in [0, 0.1) is 0 Å². The summed E-state index contributed by atoms with van der Waals surface area (Å²) >= 11 is 1.58. The van der Waals surface area contributed by atoms with Crippen LogP contribution in [0.5, 0.6) is 0 Å². The van der Waals surface area contributed by atoms with Gasteiger partial charge in [-0.3, -0.25) is 0 Å². The molecule has 1 N–H and O–H groups in total. The number of thiophene rings is 1. The van der Waals surface area contributed by atoms with E-state index < -0.39 is 0 Å². The van der Waals surface area contributed by atoms with Crippen LogP contribution in [-0.4, -0.2) is 45.9 Å². The normalized spacial score (nSPS) is 15.7. The molecule has 0 spiro atoms. The molecule has 0 amide bonds. The van der Waals surface area contributed by atoms with Crippen molar-refractivity contribution < 1.29 is 14.3 Å². The van der Waals surface area contributed by atoms with Gasteiger partial charge in [0.05, 0.1) is 35.3 Å². The number of aliphatic hydroxyl groups is 1. The fourth-order valence-electron chi connectivity index (χ4n) is 3.94. The van der Waals surface area contributed by atoms with E-state index in [1.807, 2.05) is 24.1 Å². The zero-order valence-electron chi connectivity index (χ0n) is 16.6. The Hall–Kier alpha value is -2.55. The van der Waals surface area contributed by atoms with E-state index in [4.69, 9.17) is 14.1 Å². The number of anilines is 1. The first-order valence-electron chi connectivity index (χ1n) is 9.57. The number of pyridine rings is 1. The predicted octanol–water partition coefficient (Wildman–Crippen LogP) is 3.78. The molecule has 0 unspecified atom stereocenters. The van der Waals surface area contributed by atoms with Gasteiger partial charge in [0.15, 0.2) is 5.76 Å². The average molecular weight is 410 g/mol. The maximum Gasteiger partial charge on any atom is 0.152 e. The summed E-state index contributed by atoms with van der Waals surface area (Å²) in [6, 6.07) is 3.81. The van der Waals surface area contributed by atoms with Crippen molar-refractivity contribution in [3.05, 3.63) is 35.9 Å². The molecule has 5 rings (SSSR count). The van der Waals surface area contributed by atoms with Crippen molar-refractivity contribution in [2.45, 2.75) is 32.5 Å². The average Bonchev–Trinajstić information content (AvgIpc) is 3.34. The van der Waals surface area contributed by atoms with Crippen molar-refractivity contribution >= 4 is 37.6 Å². The third-order valence-electron chi connectivity index (χ3n) is 5.36. The van der Waals surface area contributed by atoms with E-state index in [1.54, 1.807) is 23.9 Å². The summed E-state index contributed by atoms with van der Waals surface area (Å²) in [6.07, 6.45) is 4.03. The highest BCUT2D eigenvalue weighted by Crippen LogP contribution is 2.44. The van der Waals surface area contributed by atoms with Crippen LogP contribution in [0.2, 0.25) is 0 Å². The van der Waals surface area contributed by atoms with Gasteiger partial charge in [0.2, 0.25) is 0 Å². The summed E-state index contributed by atoms with van der Waals surface area (Å²) in [5.74, 6) is 1.55. The van der Waals surface area contributed by atoms with E-state index in [2.05, 4.69) is 23.8 Å². The third-order valence-corrected chi connectivity index (χ3v) is 6.43. The van der Waals surface area contributed by atoms with E-state index in [0.29, 0.717) is 13.2 Å². The number of likely N-dealkylation sites (N-methyl/N-ethyl adjacent to an activating group) is 1. The van der Waals surface area contributed by atoms with Crippen LogP contribution in [0.25, 0.3) is 31.9 Å². The lowest BCUT2D eigenvalue weighted by Crippen LogP contribution is -2.32. The van der Waals surface area contributed by atoms with Crippen molar-refractivity contribution in [2.24, 2.45) is 0 Å². The van der Waals surface area contributed by atoms with Gasteiger partial charge in [-0.1, -0.05) is 0 Å². The summed E-state index contributed by atoms with van der Waals surface area (Å²) in [7, 11) is 1.93. The minimum Gasteiger partial charge on any atom is -0.463 e. The first-order chi connectivity index (χ1) is 14.0. The summed E-state index contributed by atoms with van der Waals surface area (Å²) in [4.78, 5) is 16.9. The molecule has 4 aromatic heterocycles. The second-order valence-corrected chi connectivity index (χ2v) is 8.92. The molecule has 0 saturated carbocycles. The number of ether oxygens (including phenoxy) is 1. The van der Waals surface area contributed by atoms with Crippen molar-refractivity contribution in [3.63, 3.8) is 0 Å². The Labute approximate surface area is 172 Å². The maximum absolute atomic E-state index is 9.35. The fraction of sp³-hybridized carbons (Fsp3) is 0.381. The molecule has 0 aromatic carbocycles. The lowest BCUT2D eigenvalue weighted by atomic mass is 9.89. The number of hydrogen-bond acceptors (Lipinski definition) is 8. The lowest BCUT2D eigenvalue weighted by molar-refractivity contribution is -0.0395. The van der Waals surface area contributed by atoms with Gasteiger partial charge in [0.25, 0.3) is 0 Å². The largest absolute Gasteiger partial charge is 0.463 e. The highest BCUT2D eigenvalue weighted by Gasteiger charge is 2.32. The Balaban J connectivity index is 1.84. The highest BCUT2D eigenvalue weighted by atomic mass is 32.1. The van der Waals surface area contributed by atoms with Crippen LogP contribution in [0.1, 0.15) is 25.0 Å². The maximum atomic E-state index is 9.35. The summed E-state index contributed by atoms with van der Waals surface area (Å²) < 4.78 is 12.8. The van der Waals surface area contributed by atoms with Crippen molar-refractivity contribution in [1.29, 1.82) is 0 Å². The Morgan fingerprint density at radius 1 is 1.28 bits per heavy atom. The molecular formula is C21H22N4O3S. The van der Waals surface area contributed by atoms with E-state index >= 15 is 0 Å². The smallest absolute Gasteiger partial charge is 0.152 e. The Morgan fingerprint density at radius 2 is 2.14 bits per heavy atom. The molecule has 1 aliphatic rings. The number of aliphatic hydroxyl groups excluding tert-OH is 1. The molecule has 150 valence electrons. The Kier molecular flexibility index (Phi) is 4.31. The van der Waals surface area contributed by atoms with Gasteiger partial charge >= 0.3 is 0 Å². The van der Waals surface area contributed by atoms with Gasteiger partial charge in [0.1, 0.15) is 22.7 Å². The molecule has 1 aliphatic heterocycles. The number of aromatic nitrogens is 3. The molecule has 29 heavy (non-hydrogen) atoms. The first kappa shape index (κ1) is 18.5. The quantitative estimate of drug-likeness (QED) is 0.548. The SMILES string of the molecule is CN(CCO)c1ncnc2c1sc1nc(-c3ccco3)c3c(c12)CC(C)(C)OC3. The second-order valence-electron chi connectivity index (χ2n) is 7.92. The number of furan rings is 1. The fourth-order valence-corrected chi connectivity index (χ4v) is 5.14. The van der Waals surface area contributed by atoms with Gasteiger partial charge in [-0.25, -0.2) is 15.0 Å². The molecule has 0 atom stereocenters. The topological polar surface area (TPSA) is 84.5 Å². The summed E-state index contributed by atoms with van der Waals surface area (Å²) in [5.41, 5.74) is 3.76. The van der Waals surface area contributed by atoms with Crippen LogP contribution in [-0.2, 0) is 17.8 Å². The lowest BCUT2D eigenvalue weighted by Gasteiger charge is -2.32. The monoisotopic (exact) mass is 410 g/mol. The molecule has 0 bridgehead atoms. The molecule has 8 heteroatoms. The van der Waals surface area contributed by atoms with E-state index in [0.717, 1.165) is 49.7 Å². The van der Waals surface area contributed by atoms with Gasteiger partial charge in [-0.05, 0) is 31.5 Å². The Bertz CT molecular complexity index is 1200. The second kappa shape index (κ2) is 6.76. The molecule has 0 radical (unpaired) electrons. The van der Waals surface area contributed by atoms with Crippen LogP contribution in [0.3, 0.4) is 0 Å². The Morgan fingerprint density at radius 3 is 2.90 bits per heavy atom. The molecule has 5 heterocycles. The first-order valence-corrected chi connectivity index (χ1v) is 10.4. The molecule has 0 aliphatic carbocycles. The minimum atomic E-state index is -0.264. The molecule has 0 fully saturated rings. The molecular weight excluding hydrogens is 388 g/mol. The number of fused-ring (bicyclic) bond motifs is 5. The predicted molar refractivity (Wildman–Crippen MR) is 113 cm³/mol. The van der Waals surface area contributed by atoms with Crippen LogP contribution in [0.4, 0.5) is 5.82 Å². The third kappa shape index (κ3) is 2.99. The van der Waals surface area contributed by atoms with Crippen LogP contribution >= 0.6 is 11.3 Å². The number of hydrogen-bond donors (Lipinski definition) is 1. The van der Waals surface area contributed by atoms with Crippen LogP contribution < -0.4 is 4.90 Å². The molecule has 0 saturated heterocycles. The molecule has 7 nitrogen and oxygen atoms in total. The van der Waals surface area contributed by atoms with Gasteiger partial charge in [0, 0.05) is 31.0 Å². The van der Waals surface area contributed by atoms with Crippen LogP contribution in [0.15, 0.2) is 29.1 Å². The number of rotatable bonds is 4. The minimum absolute atomic E-state index is 0.0642. The number of nitrogens with zero attached hydrogens (tertiary/aromatic N) is 4. The standard InChI is InChI=1S/C21H22N4O3S/c1-21(2)9-12-13(10-28-21)16(14-5-4-8-27-14)24-20-15(12)17-18(29-20)19(23-11-22-17)25(3)6-7-26/h4-5,8,11,26H,6-7,9-10H2,1-3H3. The zero-order chi connectivity index (χ0) is 20.2. The van der Waals surface area contributed by atoms with E-state index in [9.17, 15) is 5.11 Å². The van der Waals surface area contributed by atoms with Crippen molar-refractivity contribution in [3.8, 4) is 11.5 Å².